The molecule has 0 amide bonds. The Bertz CT molecular complexity index is 474. The summed E-state index contributed by atoms with van der Waals surface area (Å²) in [5.74, 6) is -0.145. The summed E-state index contributed by atoms with van der Waals surface area (Å²) in [4.78, 5) is 14.0. The van der Waals surface area contributed by atoms with Crippen LogP contribution in [0.2, 0.25) is 0 Å². The van der Waals surface area contributed by atoms with Crippen LogP contribution in [0, 0.1) is 0 Å². The van der Waals surface area contributed by atoms with E-state index in [1.54, 1.807) is 0 Å². The Morgan fingerprint density at radius 2 is 1.82 bits per heavy atom. The minimum absolute atomic E-state index is 0.0118. The highest BCUT2D eigenvalue weighted by atomic mass is 16.3. The molecule has 1 heterocycles. The Kier molecular flexibility index (Phi) is 2.62. The number of aromatic hydroxyl groups is 2. The third-order valence-electron chi connectivity index (χ3n) is 3.14. The van der Waals surface area contributed by atoms with Crippen molar-refractivity contribution < 1.29 is 15.0 Å². The Morgan fingerprint density at radius 1 is 1.18 bits per heavy atom. The van der Waals surface area contributed by atoms with Crippen molar-refractivity contribution in [2.45, 2.75) is 32.9 Å². The van der Waals surface area contributed by atoms with Gasteiger partial charge in [0.15, 0.2) is 5.78 Å². The van der Waals surface area contributed by atoms with E-state index >= 15 is 0 Å². The van der Waals surface area contributed by atoms with E-state index in [1.165, 1.54) is 12.1 Å². The molecule has 2 N–H and O–H groups in total. The summed E-state index contributed by atoms with van der Waals surface area (Å²) in [6, 6.07) is 2.70. The fourth-order valence-corrected chi connectivity index (χ4v) is 2.04. The fraction of sp³-hybridized carbons (Fsp3) is 0.462. The Balaban J connectivity index is 2.47. The minimum atomic E-state index is -0.127. The van der Waals surface area contributed by atoms with Gasteiger partial charge in [-0.1, -0.05) is 0 Å². The third kappa shape index (κ3) is 2.13. The van der Waals surface area contributed by atoms with E-state index in [2.05, 4.69) is 0 Å². The van der Waals surface area contributed by atoms with E-state index in [0.29, 0.717) is 24.2 Å². The molecule has 0 aliphatic carbocycles. The van der Waals surface area contributed by atoms with Crippen LogP contribution in [0.3, 0.4) is 0 Å². The van der Waals surface area contributed by atoms with Crippen LogP contribution in [0.5, 0.6) is 11.5 Å². The summed E-state index contributed by atoms with van der Waals surface area (Å²) in [5, 5.41) is 19.2. The normalized spacial score (nSPS) is 17.0. The number of hydrogen-bond donors (Lipinski definition) is 2. The third-order valence-corrected chi connectivity index (χ3v) is 3.14. The molecule has 17 heavy (non-hydrogen) atoms. The highest BCUT2D eigenvalue weighted by molar-refractivity contribution is 6.01. The predicted octanol–water partition coefficient (Wildman–Crippen LogP) is 1.89. The lowest BCUT2D eigenvalue weighted by Gasteiger charge is -2.38. The molecule has 0 aromatic heterocycles. The monoisotopic (exact) mass is 235 g/mol. The summed E-state index contributed by atoms with van der Waals surface area (Å²) in [7, 11) is 0. The van der Waals surface area contributed by atoms with Crippen molar-refractivity contribution in [2.75, 3.05) is 6.54 Å². The molecule has 0 bridgehead atoms. The van der Waals surface area contributed by atoms with Gasteiger partial charge < -0.3 is 10.2 Å². The first-order valence-electron chi connectivity index (χ1n) is 5.62. The zero-order valence-electron chi connectivity index (χ0n) is 10.3. The summed E-state index contributed by atoms with van der Waals surface area (Å²) in [6.45, 7) is 6.93. The lowest BCUT2D eigenvalue weighted by atomic mass is 9.93. The van der Waals surface area contributed by atoms with E-state index in [0.717, 1.165) is 0 Å². The molecule has 1 aromatic carbocycles. The molecule has 1 aliphatic heterocycles. The predicted molar refractivity (Wildman–Crippen MR) is 64.3 cm³/mol. The number of Topliss-reactive ketones (excluding diaryl/α,β-unsaturated/α-hetero) is 1. The lowest BCUT2D eigenvalue weighted by Crippen LogP contribution is -2.46. The zero-order valence-corrected chi connectivity index (χ0v) is 10.3. The fourth-order valence-electron chi connectivity index (χ4n) is 2.04. The van der Waals surface area contributed by atoms with E-state index in [1.807, 2.05) is 25.7 Å². The maximum atomic E-state index is 12.0. The number of nitrogens with zero attached hydrogens (tertiary/aromatic N) is 1. The van der Waals surface area contributed by atoms with Gasteiger partial charge in [-0.05, 0) is 26.8 Å². The zero-order chi connectivity index (χ0) is 12.8. The second kappa shape index (κ2) is 3.74. The number of hydrogen-bond acceptors (Lipinski definition) is 4. The van der Waals surface area contributed by atoms with Gasteiger partial charge in [0.1, 0.15) is 11.5 Å². The lowest BCUT2D eigenvalue weighted by molar-refractivity contribution is 0.0741. The van der Waals surface area contributed by atoms with Crippen LogP contribution in [0.1, 0.15) is 36.7 Å². The van der Waals surface area contributed by atoms with Crippen LogP contribution in [0.15, 0.2) is 12.1 Å². The summed E-state index contributed by atoms with van der Waals surface area (Å²) < 4.78 is 0. The van der Waals surface area contributed by atoms with Crippen molar-refractivity contribution in [1.82, 2.24) is 4.90 Å². The van der Waals surface area contributed by atoms with Crippen LogP contribution in [0.4, 0.5) is 0 Å². The van der Waals surface area contributed by atoms with Crippen molar-refractivity contribution in [1.29, 1.82) is 0 Å². The van der Waals surface area contributed by atoms with Gasteiger partial charge in [-0.25, -0.2) is 0 Å². The molecule has 0 atom stereocenters. The van der Waals surface area contributed by atoms with Crippen LogP contribution in [0.25, 0.3) is 0 Å². The second-order valence-corrected chi connectivity index (χ2v) is 5.44. The number of fused-ring (bicyclic) bond motifs is 1. The number of phenolic OH excluding ortho intramolecular Hbond substituents is 2. The van der Waals surface area contributed by atoms with Crippen molar-refractivity contribution in [3.8, 4) is 11.5 Å². The highest BCUT2D eigenvalue weighted by Gasteiger charge is 2.31. The molecular formula is C13H17NO3. The van der Waals surface area contributed by atoms with Gasteiger partial charge >= 0.3 is 0 Å². The quantitative estimate of drug-likeness (QED) is 0.721. The first kappa shape index (κ1) is 11.9. The SMILES string of the molecule is CC(C)(C)N1CC(=O)c2cc(O)cc(O)c2C1. The first-order valence-corrected chi connectivity index (χ1v) is 5.62. The average molecular weight is 235 g/mol. The van der Waals surface area contributed by atoms with Gasteiger partial charge in [0.05, 0.1) is 6.54 Å². The molecule has 0 saturated heterocycles. The van der Waals surface area contributed by atoms with Crippen molar-refractivity contribution in [3.05, 3.63) is 23.3 Å². The summed E-state index contributed by atoms with van der Waals surface area (Å²) in [5.41, 5.74) is 0.912. The number of ketones is 1. The van der Waals surface area contributed by atoms with E-state index in [-0.39, 0.29) is 22.8 Å². The summed E-state index contributed by atoms with van der Waals surface area (Å²) in [6.07, 6.45) is 0. The van der Waals surface area contributed by atoms with Crippen LogP contribution in [-0.2, 0) is 6.54 Å². The number of phenols is 2. The molecule has 92 valence electrons. The highest BCUT2D eigenvalue weighted by Crippen LogP contribution is 2.33. The maximum Gasteiger partial charge on any atom is 0.177 e. The summed E-state index contributed by atoms with van der Waals surface area (Å²) >= 11 is 0. The minimum Gasteiger partial charge on any atom is -0.508 e. The standard InChI is InChI=1S/C13H17NO3/c1-13(2,3)14-6-10-9(12(17)7-14)4-8(15)5-11(10)16/h4-5,15-16H,6-7H2,1-3H3. The average Bonchev–Trinajstić information content (AvgIpc) is 2.17. The van der Waals surface area contributed by atoms with Gasteiger partial charge in [-0.15, -0.1) is 0 Å². The molecule has 4 nitrogen and oxygen atoms in total. The molecule has 2 rings (SSSR count). The number of benzene rings is 1. The van der Waals surface area contributed by atoms with Crippen molar-refractivity contribution in [3.63, 3.8) is 0 Å². The molecule has 0 saturated carbocycles. The Morgan fingerprint density at radius 3 is 2.41 bits per heavy atom. The Labute approximate surface area is 100 Å². The van der Waals surface area contributed by atoms with Gasteiger partial charge in [-0.3, -0.25) is 9.69 Å². The van der Waals surface area contributed by atoms with Crippen LogP contribution < -0.4 is 0 Å². The van der Waals surface area contributed by atoms with Gasteiger partial charge in [0.25, 0.3) is 0 Å². The number of carbonyl (C=O) groups is 1. The molecule has 1 aromatic rings. The van der Waals surface area contributed by atoms with E-state index < -0.39 is 0 Å². The largest absolute Gasteiger partial charge is 0.508 e. The second-order valence-electron chi connectivity index (χ2n) is 5.44. The molecule has 0 spiro atoms. The molecule has 1 aliphatic rings. The van der Waals surface area contributed by atoms with Gasteiger partial charge in [0, 0.05) is 29.3 Å². The molecule has 4 heteroatoms. The van der Waals surface area contributed by atoms with Crippen LogP contribution in [-0.4, -0.2) is 33.0 Å². The molecular weight excluding hydrogens is 218 g/mol. The first-order chi connectivity index (χ1) is 7.79. The Hall–Kier alpha value is -1.55. The molecule has 0 unspecified atom stereocenters. The smallest absolute Gasteiger partial charge is 0.177 e. The van der Waals surface area contributed by atoms with E-state index in [9.17, 15) is 15.0 Å². The van der Waals surface area contributed by atoms with Gasteiger partial charge in [0.2, 0.25) is 0 Å². The van der Waals surface area contributed by atoms with Gasteiger partial charge in [-0.2, -0.15) is 0 Å². The van der Waals surface area contributed by atoms with Crippen molar-refractivity contribution >= 4 is 5.78 Å². The number of carbonyl (C=O) groups excluding carboxylic acids is 1. The van der Waals surface area contributed by atoms with E-state index in [4.69, 9.17) is 0 Å². The molecule has 0 radical (unpaired) electrons. The number of rotatable bonds is 0. The maximum absolute atomic E-state index is 12.0. The van der Waals surface area contributed by atoms with Crippen molar-refractivity contribution in [2.24, 2.45) is 0 Å². The topological polar surface area (TPSA) is 60.8 Å². The van der Waals surface area contributed by atoms with Crippen LogP contribution >= 0.6 is 0 Å². The molecule has 0 fully saturated rings.